The van der Waals surface area contributed by atoms with Gasteiger partial charge in [0, 0.05) is 11.8 Å². The average Bonchev–Trinajstić information content (AvgIpc) is 2.69. The molecule has 10 heteroatoms. The molecule has 0 aliphatic heterocycles. The molecule has 7 nitrogen and oxygen atoms in total. The Bertz CT molecular complexity index is 1140. The van der Waals surface area contributed by atoms with Crippen LogP contribution in [0.1, 0.15) is 34.6 Å². The molecule has 30 heavy (non-hydrogen) atoms. The van der Waals surface area contributed by atoms with Crippen LogP contribution in [0.15, 0.2) is 59.4 Å². The molecule has 0 saturated heterocycles. The van der Waals surface area contributed by atoms with Crippen LogP contribution >= 0.6 is 0 Å². The number of benzene rings is 2. The van der Waals surface area contributed by atoms with Crippen LogP contribution in [0.4, 0.5) is 18.9 Å². The van der Waals surface area contributed by atoms with Gasteiger partial charge in [-0.05, 0) is 42.8 Å². The van der Waals surface area contributed by atoms with Gasteiger partial charge in [0.2, 0.25) is 0 Å². The van der Waals surface area contributed by atoms with Crippen LogP contribution in [0.2, 0.25) is 0 Å². The van der Waals surface area contributed by atoms with Crippen molar-refractivity contribution in [2.75, 3.05) is 5.73 Å². The normalized spacial score (nSPS) is 12.4. The Balaban J connectivity index is 1.91. The minimum Gasteiger partial charge on any atom is -0.503 e. The Morgan fingerprint density at radius 2 is 1.83 bits per heavy atom. The van der Waals surface area contributed by atoms with Gasteiger partial charge in [0.25, 0.3) is 5.91 Å². The molecule has 1 unspecified atom stereocenters. The zero-order chi connectivity index (χ0) is 22.1. The van der Waals surface area contributed by atoms with Crippen molar-refractivity contribution >= 4 is 11.6 Å². The van der Waals surface area contributed by atoms with Crippen molar-refractivity contribution in [3.63, 3.8) is 0 Å². The summed E-state index contributed by atoms with van der Waals surface area (Å²) < 4.78 is 39.9. The monoisotopic (exact) mass is 418 g/mol. The highest BCUT2D eigenvalue weighted by atomic mass is 19.4. The summed E-state index contributed by atoms with van der Waals surface area (Å²) in [6.45, 7) is 1.47. The molecular weight excluding hydrogens is 401 g/mol. The van der Waals surface area contributed by atoms with E-state index in [4.69, 9.17) is 5.73 Å². The molecule has 0 bridgehead atoms. The number of nitrogens with two attached hydrogens (primary N) is 1. The number of rotatable bonds is 4. The van der Waals surface area contributed by atoms with Crippen LogP contribution in [0.3, 0.4) is 0 Å². The zero-order valence-corrected chi connectivity index (χ0v) is 15.6. The van der Waals surface area contributed by atoms with E-state index in [9.17, 15) is 27.9 Å². The number of aromatic nitrogens is 2. The van der Waals surface area contributed by atoms with Crippen LogP contribution in [0.25, 0.3) is 5.69 Å². The summed E-state index contributed by atoms with van der Waals surface area (Å²) in [6, 6.07) is 11.2. The van der Waals surface area contributed by atoms with E-state index in [1.165, 1.54) is 13.0 Å². The van der Waals surface area contributed by atoms with Crippen LogP contribution < -0.4 is 16.6 Å². The minimum atomic E-state index is -4.59. The van der Waals surface area contributed by atoms with Gasteiger partial charge in [-0.3, -0.25) is 9.59 Å². The third kappa shape index (κ3) is 4.43. The van der Waals surface area contributed by atoms with Crippen molar-refractivity contribution in [2.45, 2.75) is 19.1 Å². The Morgan fingerprint density at radius 3 is 2.47 bits per heavy atom. The number of hydrogen-bond donors (Lipinski definition) is 3. The van der Waals surface area contributed by atoms with E-state index in [0.717, 1.165) is 22.9 Å². The molecule has 0 saturated carbocycles. The summed E-state index contributed by atoms with van der Waals surface area (Å²) in [5.74, 6) is -1.49. The maximum Gasteiger partial charge on any atom is 0.416 e. The van der Waals surface area contributed by atoms with Gasteiger partial charge < -0.3 is 16.2 Å². The predicted molar refractivity (Wildman–Crippen MR) is 103 cm³/mol. The lowest BCUT2D eigenvalue weighted by molar-refractivity contribution is -0.137. The summed E-state index contributed by atoms with van der Waals surface area (Å²) in [5, 5.41) is 16.4. The highest BCUT2D eigenvalue weighted by Crippen LogP contribution is 2.32. The maximum atomic E-state index is 13.0. The number of amides is 1. The number of para-hydroxylation sites is 1. The molecule has 3 rings (SSSR count). The van der Waals surface area contributed by atoms with E-state index in [0.29, 0.717) is 5.69 Å². The van der Waals surface area contributed by atoms with Crippen LogP contribution in [-0.4, -0.2) is 20.8 Å². The second-order valence-corrected chi connectivity index (χ2v) is 6.55. The van der Waals surface area contributed by atoms with E-state index < -0.39 is 35.0 Å². The summed E-state index contributed by atoms with van der Waals surface area (Å²) in [4.78, 5) is 24.7. The third-order valence-electron chi connectivity index (χ3n) is 4.28. The van der Waals surface area contributed by atoms with Crippen molar-refractivity contribution in [3.05, 3.63) is 81.8 Å². The first-order chi connectivity index (χ1) is 14.1. The summed E-state index contributed by atoms with van der Waals surface area (Å²) in [6.07, 6.45) is -4.59. The molecule has 156 valence electrons. The predicted octanol–water partition coefficient (Wildman–Crippen LogP) is 3.03. The molecule has 1 amide bonds. The SMILES string of the molecule is CC(NC(=O)c1cc(O)c(=O)n(-c2ccccc2)n1)c1cc(N)cc(C(F)(F)F)c1. The molecule has 0 spiro atoms. The molecule has 2 aromatic carbocycles. The van der Waals surface area contributed by atoms with Gasteiger partial charge >= 0.3 is 11.7 Å². The lowest BCUT2D eigenvalue weighted by Crippen LogP contribution is -2.31. The van der Waals surface area contributed by atoms with Crippen molar-refractivity contribution in [1.29, 1.82) is 0 Å². The van der Waals surface area contributed by atoms with Crippen molar-refractivity contribution in [1.82, 2.24) is 15.1 Å². The highest BCUT2D eigenvalue weighted by Gasteiger charge is 2.31. The quantitative estimate of drug-likeness (QED) is 0.564. The minimum absolute atomic E-state index is 0.102. The molecule has 1 aromatic heterocycles. The Morgan fingerprint density at radius 1 is 1.17 bits per heavy atom. The number of nitrogens with zero attached hydrogens (tertiary/aromatic N) is 2. The van der Waals surface area contributed by atoms with Gasteiger partial charge in [0.1, 0.15) is 0 Å². The molecule has 0 aliphatic carbocycles. The fraction of sp³-hybridized carbons (Fsp3) is 0.150. The Kier molecular flexibility index (Phi) is 5.50. The topological polar surface area (TPSA) is 110 Å². The van der Waals surface area contributed by atoms with E-state index >= 15 is 0 Å². The third-order valence-corrected chi connectivity index (χ3v) is 4.28. The van der Waals surface area contributed by atoms with E-state index in [1.807, 2.05) is 0 Å². The first kappa shape index (κ1) is 20.9. The Labute approximate surface area is 168 Å². The van der Waals surface area contributed by atoms with Crippen molar-refractivity contribution in [2.24, 2.45) is 0 Å². The molecule has 4 N–H and O–H groups in total. The zero-order valence-electron chi connectivity index (χ0n) is 15.6. The van der Waals surface area contributed by atoms with E-state index in [2.05, 4.69) is 10.4 Å². The number of nitrogen functional groups attached to an aromatic ring is 1. The lowest BCUT2D eigenvalue weighted by Gasteiger charge is -2.17. The molecular formula is C20H17F3N4O3. The van der Waals surface area contributed by atoms with Gasteiger partial charge in [-0.25, -0.2) is 0 Å². The average molecular weight is 418 g/mol. The van der Waals surface area contributed by atoms with Gasteiger partial charge in [-0.15, -0.1) is 0 Å². The largest absolute Gasteiger partial charge is 0.503 e. The van der Waals surface area contributed by atoms with Gasteiger partial charge in [-0.1, -0.05) is 18.2 Å². The number of nitrogens with one attached hydrogen (secondary N) is 1. The second kappa shape index (κ2) is 7.90. The summed E-state index contributed by atoms with van der Waals surface area (Å²) >= 11 is 0. The standard InChI is InChI=1S/C20H17F3N4O3/c1-11(12-7-13(20(21,22)23)9-14(24)8-12)25-18(29)16-10-17(28)19(30)27(26-16)15-5-3-2-4-6-15/h2-11,28H,24H2,1H3,(H,25,29). The number of aromatic hydroxyl groups is 1. The number of anilines is 1. The number of hydrogen-bond acceptors (Lipinski definition) is 5. The molecule has 1 heterocycles. The fourth-order valence-electron chi connectivity index (χ4n) is 2.78. The number of carbonyl (C=O) groups excluding carboxylic acids is 1. The second-order valence-electron chi connectivity index (χ2n) is 6.55. The fourth-order valence-corrected chi connectivity index (χ4v) is 2.78. The first-order valence-corrected chi connectivity index (χ1v) is 8.73. The molecule has 1 atom stereocenters. The lowest BCUT2D eigenvalue weighted by atomic mass is 10.0. The number of carbonyl (C=O) groups is 1. The van der Waals surface area contributed by atoms with Crippen LogP contribution in [0, 0.1) is 0 Å². The first-order valence-electron chi connectivity index (χ1n) is 8.73. The van der Waals surface area contributed by atoms with Crippen LogP contribution in [-0.2, 0) is 6.18 Å². The van der Waals surface area contributed by atoms with Crippen LogP contribution in [0.5, 0.6) is 5.75 Å². The number of alkyl halides is 3. The smallest absolute Gasteiger partial charge is 0.416 e. The van der Waals surface area contributed by atoms with E-state index in [-0.39, 0.29) is 16.9 Å². The van der Waals surface area contributed by atoms with Crippen molar-refractivity contribution in [3.8, 4) is 11.4 Å². The Hall–Kier alpha value is -3.82. The van der Waals surface area contributed by atoms with Gasteiger partial charge in [0.15, 0.2) is 11.4 Å². The van der Waals surface area contributed by atoms with Crippen molar-refractivity contribution < 1.29 is 23.1 Å². The van der Waals surface area contributed by atoms with Gasteiger partial charge in [0.05, 0.1) is 17.3 Å². The maximum absolute atomic E-state index is 13.0. The molecule has 0 radical (unpaired) electrons. The van der Waals surface area contributed by atoms with Gasteiger partial charge in [-0.2, -0.15) is 23.0 Å². The molecule has 3 aromatic rings. The highest BCUT2D eigenvalue weighted by molar-refractivity contribution is 5.92. The van der Waals surface area contributed by atoms with E-state index in [1.54, 1.807) is 30.3 Å². The molecule has 0 fully saturated rings. The summed E-state index contributed by atoms with van der Waals surface area (Å²) in [7, 11) is 0. The molecule has 0 aliphatic rings. The summed E-state index contributed by atoms with van der Waals surface area (Å²) in [5.41, 5.74) is 3.87. The number of halogens is 3.